The smallest absolute Gasteiger partial charge is 0.224 e. The van der Waals surface area contributed by atoms with Crippen molar-refractivity contribution >= 4 is 5.91 Å². The summed E-state index contributed by atoms with van der Waals surface area (Å²) >= 11 is 0. The van der Waals surface area contributed by atoms with Crippen molar-refractivity contribution < 1.29 is 13.6 Å². The lowest BCUT2D eigenvalue weighted by Gasteiger charge is -2.21. The van der Waals surface area contributed by atoms with E-state index in [1.54, 1.807) is 0 Å². The summed E-state index contributed by atoms with van der Waals surface area (Å²) in [7, 11) is 0. The highest BCUT2D eigenvalue weighted by Crippen LogP contribution is 2.12. The standard InChI is InChI=1S/C13H16F2N2O/c14-11-3-4-12(15)10(6-11)8-17-13(18)9-2-1-5-16-7-9/h3-4,6,9,16H,1-2,5,7-8H2,(H,17,18). The summed E-state index contributed by atoms with van der Waals surface area (Å²) in [6.07, 6.45) is 1.80. The van der Waals surface area contributed by atoms with E-state index >= 15 is 0 Å². The second kappa shape index (κ2) is 5.91. The number of rotatable bonds is 3. The highest BCUT2D eigenvalue weighted by Gasteiger charge is 2.20. The van der Waals surface area contributed by atoms with Crippen LogP contribution in [0.1, 0.15) is 18.4 Å². The average molecular weight is 254 g/mol. The molecule has 0 spiro atoms. The number of nitrogens with one attached hydrogen (secondary N) is 2. The maximum atomic E-state index is 13.3. The van der Waals surface area contributed by atoms with Crippen LogP contribution in [0.25, 0.3) is 0 Å². The van der Waals surface area contributed by atoms with Crippen molar-refractivity contribution in [2.24, 2.45) is 5.92 Å². The molecule has 1 aliphatic rings. The minimum Gasteiger partial charge on any atom is -0.352 e. The molecular weight excluding hydrogens is 238 g/mol. The van der Waals surface area contributed by atoms with Crippen LogP contribution in [-0.2, 0) is 11.3 Å². The van der Waals surface area contributed by atoms with Crippen LogP contribution in [-0.4, -0.2) is 19.0 Å². The summed E-state index contributed by atoms with van der Waals surface area (Å²) < 4.78 is 26.3. The van der Waals surface area contributed by atoms with Gasteiger partial charge in [0.15, 0.2) is 0 Å². The lowest BCUT2D eigenvalue weighted by Crippen LogP contribution is -2.40. The molecule has 0 radical (unpaired) electrons. The highest BCUT2D eigenvalue weighted by molar-refractivity contribution is 5.78. The quantitative estimate of drug-likeness (QED) is 0.860. The van der Waals surface area contributed by atoms with Crippen LogP contribution in [0.2, 0.25) is 0 Å². The number of halogens is 2. The van der Waals surface area contributed by atoms with Gasteiger partial charge < -0.3 is 10.6 Å². The van der Waals surface area contributed by atoms with Crippen LogP contribution in [0, 0.1) is 17.6 Å². The SMILES string of the molecule is O=C(NCc1cc(F)ccc1F)C1CCCNC1. The molecule has 1 aliphatic heterocycles. The van der Waals surface area contributed by atoms with Crippen LogP contribution < -0.4 is 10.6 Å². The molecule has 0 aromatic heterocycles. The van der Waals surface area contributed by atoms with Crippen molar-refractivity contribution in [2.75, 3.05) is 13.1 Å². The van der Waals surface area contributed by atoms with Crippen molar-refractivity contribution in [1.82, 2.24) is 10.6 Å². The molecule has 3 nitrogen and oxygen atoms in total. The van der Waals surface area contributed by atoms with Crippen molar-refractivity contribution in [3.63, 3.8) is 0 Å². The van der Waals surface area contributed by atoms with E-state index in [9.17, 15) is 13.6 Å². The van der Waals surface area contributed by atoms with Crippen molar-refractivity contribution in [1.29, 1.82) is 0 Å². The zero-order valence-corrected chi connectivity index (χ0v) is 10.0. The van der Waals surface area contributed by atoms with Gasteiger partial charge in [0, 0.05) is 18.7 Å². The molecule has 1 aromatic carbocycles. The van der Waals surface area contributed by atoms with E-state index in [4.69, 9.17) is 0 Å². The van der Waals surface area contributed by atoms with Gasteiger partial charge in [-0.3, -0.25) is 4.79 Å². The van der Waals surface area contributed by atoms with E-state index in [0.717, 1.165) is 37.6 Å². The summed E-state index contributed by atoms with van der Waals surface area (Å²) in [5, 5.41) is 5.79. The Morgan fingerprint density at radius 2 is 2.28 bits per heavy atom. The lowest BCUT2D eigenvalue weighted by molar-refractivity contribution is -0.125. The number of carbonyl (C=O) groups is 1. The molecule has 0 aliphatic carbocycles. The summed E-state index contributed by atoms with van der Waals surface area (Å²) in [5.74, 6) is -1.18. The molecular formula is C13H16F2N2O. The third-order valence-electron chi connectivity index (χ3n) is 3.13. The van der Waals surface area contributed by atoms with Gasteiger partial charge in [-0.15, -0.1) is 0 Å². The first-order valence-corrected chi connectivity index (χ1v) is 6.09. The first kappa shape index (κ1) is 13.0. The third-order valence-corrected chi connectivity index (χ3v) is 3.13. The van der Waals surface area contributed by atoms with Crippen molar-refractivity contribution in [3.8, 4) is 0 Å². The number of hydrogen-bond donors (Lipinski definition) is 2. The number of hydrogen-bond acceptors (Lipinski definition) is 2. The minimum absolute atomic E-state index is 0.0267. The number of carbonyl (C=O) groups excluding carboxylic acids is 1. The Hall–Kier alpha value is -1.49. The van der Waals surface area contributed by atoms with Crippen LogP contribution >= 0.6 is 0 Å². The molecule has 98 valence electrons. The molecule has 2 rings (SSSR count). The molecule has 0 bridgehead atoms. The van der Waals surface area contributed by atoms with Crippen molar-refractivity contribution in [3.05, 3.63) is 35.4 Å². The molecule has 2 N–H and O–H groups in total. The summed E-state index contributed by atoms with van der Waals surface area (Å²) in [6.45, 7) is 1.61. The number of piperidine rings is 1. The number of benzene rings is 1. The van der Waals surface area contributed by atoms with E-state index < -0.39 is 11.6 Å². The fraction of sp³-hybridized carbons (Fsp3) is 0.462. The Balaban J connectivity index is 1.90. The topological polar surface area (TPSA) is 41.1 Å². The second-order valence-electron chi connectivity index (χ2n) is 4.50. The minimum atomic E-state index is -0.501. The van der Waals surface area contributed by atoms with Gasteiger partial charge in [0.2, 0.25) is 5.91 Å². The molecule has 18 heavy (non-hydrogen) atoms. The van der Waals surface area contributed by atoms with Crippen LogP contribution in [0.3, 0.4) is 0 Å². The molecule has 1 heterocycles. The van der Waals surface area contributed by atoms with E-state index in [1.165, 1.54) is 0 Å². The zero-order chi connectivity index (χ0) is 13.0. The average Bonchev–Trinajstić information content (AvgIpc) is 2.40. The highest BCUT2D eigenvalue weighted by atomic mass is 19.1. The van der Waals surface area contributed by atoms with E-state index in [2.05, 4.69) is 10.6 Å². The van der Waals surface area contributed by atoms with E-state index in [0.29, 0.717) is 6.54 Å². The predicted octanol–water partition coefficient (Wildman–Crippen LogP) is 1.58. The second-order valence-corrected chi connectivity index (χ2v) is 4.50. The molecule has 1 atom stereocenters. The molecule has 1 fully saturated rings. The maximum Gasteiger partial charge on any atom is 0.224 e. The molecule has 1 amide bonds. The Labute approximate surface area is 105 Å². The van der Waals surface area contributed by atoms with Gasteiger partial charge in [-0.2, -0.15) is 0 Å². The normalized spacial score (nSPS) is 19.6. The van der Waals surface area contributed by atoms with Crippen LogP contribution in [0.15, 0.2) is 18.2 Å². The molecule has 5 heteroatoms. The van der Waals surface area contributed by atoms with Gasteiger partial charge in [-0.25, -0.2) is 8.78 Å². The monoisotopic (exact) mass is 254 g/mol. The first-order valence-electron chi connectivity index (χ1n) is 6.09. The van der Waals surface area contributed by atoms with Crippen LogP contribution in [0.5, 0.6) is 0 Å². The zero-order valence-electron chi connectivity index (χ0n) is 10.0. The predicted molar refractivity (Wildman–Crippen MR) is 63.8 cm³/mol. The summed E-state index contributed by atoms with van der Waals surface area (Å²) in [4.78, 5) is 11.8. The Kier molecular flexibility index (Phi) is 4.25. The van der Waals surface area contributed by atoms with Gasteiger partial charge in [0.05, 0.1) is 5.92 Å². The van der Waals surface area contributed by atoms with E-state index in [-0.39, 0.29) is 23.9 Å². The molecule has 1 saturated heterocycles. The third kappa shape index (κ3) is 3.26. The molecule has 1 unspecified atom stereocenters. The van der Waals surface area contributed by atoms with Gasteiger partial charge in [0.25, 0.3) is 0 Å². The Morgan fingerprint density at radius 1 is 1.44 bits per heavy atom. The summed E-state index contributed by atoms with van der Waals surface area (Å²) in [5.41, 5.74) is 0.173. The maximum absolute atomic E-state index is 13.3. The van der Waals surface area contributed by atoms with Crippen molar-refractivity contribution in [2.45, 2.75) is 19.4 Å². The first-order chi connectivity index (χ1) is 8.66. The van der Waals surface area contributed by atoms with Crippen LogP contribution in [0.4, 0.5) is 8.78 Å². The number of amides is 1. The van der Waals surface area contributed by atoms with Gasteiger partial charge in [0.1, 0.15) is 11.6 Å². The van der Waals surface area contributed by atoms with Gasteiger partial charge in [-0.05, 0) is 37.6 Å². The van der Waals surface area contributed by atoms with Gasteiger partial charge in [-0.1, -0.05) is 0 Å². The Bertz CT molecular complexity index is 431. The molecule has 1 aromatic rings. The summed E-state index contributed by atoms with van der Waals surface area (Å²) in [6, 6.07) is 3.24. The fourth-order valence-corrected chi connectivity index (χ4v) is 2.08. The molecule has 0 saturated carbocycles. The lowest BCUT2D eigenvalue weighted by atomic mass is 9.99. The van der Waals surface area contributed by atoms with Gasteiger partial charge >= 0.3 is 0 Å². The van der Waals surface area contributed by atoms with E-state index in [1.807, 2.05) is 0 Å². The largest absolute Gasteiger partial charge is 0.352 e. The Morgan fingerprint density at radius 3 is 3.00 bits per heavy atom. The fourth-order valence-electron chi connectivity index (χ4n) is 2.08.